The van der Waals surface area contributed by atoms with Crippen molar-refractivity contribution in [2.24, 2.45) is 0 Å². The van der Waals surface area contributed by atoms with E-state index in [4.69, 9.17) is 0 Å². The lowest BCUT2D eigenvalue weighted by Crippen LogP contribution is -1.81. The Bertz CT molecular complexity index is 348. The van der Waals surface area contributed by atoms with Crippen molar-refractivity contribution in [3.63, 3.8) is 0 Å². The van der Waals surface area contributed by atoms with Gasteiger partial charge in [-0.3, -0.25) is 0 Å². The largest absolute Gasteiger partial charge is 0.0842 e. The van der Waals surface area contributed by atoms with E-state index in [0.717, 1.165) is 10.9 Å². The van der Waals surface area contributed by atoms with Gasteiger partial charge in [0.15, 0.2) is 0 Å². The van der Waals surface area contributed by atoms with E-state index < -0.39 is 0 Å². The Morgan fingerprint density at radius 3 is 2.64 bits per heavy atom. The fourth-order valence-electron chi connectivity index (χ4n) is 1.28. The van der Waals surface area contributed by atoms with Gasteiger partial charge in [-0.2, -0.15) is 0 Å². The molecule has 0 saturated carbocycles. The molecule has 1 aromatic rings. The first-order chi connectivity index (χ1) is 6.79. The molecule has 0 atom stereocenters. The summed E-state index contributed by atoms with van der Waals surface area (Å²) in [7, 11) is 0. The van der Waals surface area contributed by atoms with E-state index in [-0.39, 0.29) is 0 Å². The molecule has 0 bridgehead atoms. The van der Waals surface area contributed by atoms with Gasteiger partial charge in [0.1, 0.15) is 0 Å². The fraction of sp³-hybridized carbons (Fsp3) is 0.231. The second-order valence-corrected chi connectivity index (χ2v) is 3.89. The average molecular weight is 251 g/mol. The molecular weight excluding hydrogens is 236 g/mol. The van der Waals surface area contributed by atoms with Crippen LogP contribution in [0.4, 0.5) is 0 Å². The van der Waals surface area contributed by atoms with Crippen molar-refractivity contribution < 1.29 is 0 Å². The molecule has 1 aromatic carbocycles. The maximum Gasteiger partial charge on any atom is 0.0253 e. The van der Waals surface area contributed by atoms with Crippen molar-refractivity contribution in [2.75, 3.05) is 0 Å². The van der Waals surface area contributed by atoms with Gasteiger partial charge in [0.2, 0.25) is 0 Å². The summed E-state index contributed by atoms with van der Waals surface area (Å²) >= 11 is 3.55. The molecule has 0 saturated heterocycles. The summed E-state index contributed by atoms with van der Waals surface area (Å²) in [4.78, 5) is 0. The molecule has 0 aliphatic heterocycles. The van der Waals surface area contributed by atoms with E-state index in [1.807, 2.05) is 6.07 Å². The van der Waals surface area contributed by atoms with E-state index in [0.29, 0.717) is 0 Å². The topological polar surface area (TPSA) is 0 Å². The summed E-state index contributed by atoms with van der Waals surface area (Å²) in [6.07, 6.45) is 7.54. The van der Waals surface area contributed by atoms with Crippen molar-refractivity contribution in [1.82, 2.24) is 0 Å². The Morgan fingerprint density at radius 2 is 2.07 bits per heavy atom. The molecule has 0 heterocycles. The van der Waals surface area contributed by atoms with Crippen molar-refractivity contribution >= 4 is 21.5 Å². The van der Waals surface area contributed by atoms with E-state index in [1.165, 1.54) is 11.1 Å². The lowest BCUT2D eigenvalue weighted by Gasteiger charge is -2.04. The zero-order chi connectivity index (χ0) is 10.4. The molecule has 0 aromatic heterocycles. The molecular formula is C13H15Br. The van der Waals surface area contributed by atoms with E-state index in [1.54, 1.807) is 0 Å². The first-order valence-electron chi connectivity index (χ1n) is 4.87. The number of hydrogen-bond acceptors (Lipinski definition) is 0. The van der Waals surface area contributed by atoms with Crippen molar-refractivity contribution in [1.29, 1.82) is 0 Å². The lowest BCUT2D eigenvalue weighted by molar-refractivity contribution is 1.22. The molecule has 0 amide bonds. The summed E-state index contributed by atoms with van der Waals surface area (Å²) in [6.45, 7) is 4.21. The van der Waals surface area contributed by atoms with Gasteiger partial charge in [0, 0.05) is 4.47 Å². The molecule has 0 aliphatic rings. The highest BCUT2D eigenvalue weighted by atomic mass is 79.9. The highest BCUT2D eigenvalue weighted by Crippen LogP contribution is 2.24. The summed E-state index contributed by atoms with van der Waals surface area (Å²) < 4.78 is 1.15. The lowest BCUT2D eigenvalue weighted by atomic mass is 10.1. The molecule has 0 N–H and O–H groups in total. The first-order valence-corrected chi connectivity index (χ1v) is 5.66. The average Bonchev–Trinajstić information content (AvgIpc) is 2.21. The highest BCUT2D eigenvalue weighted by Gasteiger charge is 2.00. The van der Waals surface area contributed by atoms with Crippen molar-refractivity contribution in [3.05, 3.63) is 52.5 Å². The van der Waals surface area contributed by atoms with E-state index in [2.05, 4.69) is 66.2 Å². The Balaban J connectivity index is 3.02. The summed E-state index contributed by atoms with van der Waals surface area (Å²) in [5.74, 6) is 0. The Labute approximate surface area is 94.5 Å². The minimum atomic E-state index is 1.07. The molecule has 0 aliphatic carbocycles. The molecule has 14 heavy (non-hydrogen) atoms. The fourth-order valence-corrected chi connectivity index (χ4v) is 1.80. The third-order valence-electron chi connectivity index (χ3n) is 2.03. The smallest absolute Gasteiger partial charge is 0.0253 e. The minimum absolute atomic E-state index is 1.07. The highest BCUT2D eigenvalue weighted by molar-refractivity contribution is 9.10. The zero-order valence-corrected chi connectivity index (χ0v) is 10.2. The van der Waals surface area contributed by atoms with Crippen LogP contribution >= 0.6 is 15.9 Å². The van der Waals surface area contributed by atoms with Crippen LogP contribution in [0, 0.1) is 0 Å². The SMILES string of the molecule is C/C=C(\C=C/CC)c1ccccc1Br. The molecule has 0 radical (unpaired) electrons. The van der Waals surface area contributed by atoms with Gasteiger partial charge in [-0.1, -0.05) is 59.3 Å². The van der Waals surface area contributed by atoms with Gasteiger partial charge in [-0.05, 0) is 30.5 Å². The van der Waals surface area contributed by atoms with Crippen LogP contribution in [0.15, 0.2) is 47.0 Å². The Kier molecular flexibility index (Phi) is 4.68. The molecule has 0 spiro atoms. The van der Waals surface area contributed by atoms with Crippen molar-refractivity contribution in [2.45, 2.75) is 20.3 Å². The maximum atomic E-state index is 3.55. The molecule has 1 heteroatoms. The van der Waals surface area contributed by atoms with Crippen LogP contribution in [-0.4, -0.2) is 0 Å². The van der Waals surface area contributed by atoms with Crippen LogP contribution in [0.25, 0.3) is 5.57 Å². The van der Waals surface area contributed by atoms with Gasteiger partial charge in [0.25, 0.3) is 0 Å². The Morgan fingerprint density at radius 1 is 1.36 bits per heavy atom. The molecule has 0 nitrogen and oxygen atoms in total. The number of halogens is 1. The van der Waals surface area contributed by atoms with Crippen LogP contribution in [0.2, 0.25) is 0 Å². The van der Waals surface area contributed by atoms with Gasteiger partial charge < -0.3 is 0 Å². The first kappa shape index (κ1) is 11.3. The number of allylic oxidation sites excluding steroid dienone is 4. The van der Waals surface area contributed by atoms with Crippen molar-refractivity contribution in [3.8, 4) is 0 Å². The Hall–Kier alpha value is -0.820. The summed E-state index contributed by atoms with van der Waals surface area (Å²) in [5.41, 5.74) is 2.51. The van der Waals surface area contributed by atoms with Crippen LogP contribution < -0.4 is 0 Å². The number of benzene rings is 1. The van der Waals surface area contributed by atoms with E-state index in [9.17, 15) is 0 Å². The summed E-state index contributed by atoms with van der Waals surface area (Å²) in [5, 5.41) is 0. The third kappa shape index (κ3) is 2.85. The number of hydrogen-bond donors (Lipinski definition) is 0. The zero-order valence-electron chi connectivity index (χ0n) is 8.63. The van der Waals surface area contributed by atoms with Crippen LogP contribution in [0.3, 0.4) is 0 Å². The third-order valence-corrected chi connectivity index (χ3v) is 2.72. The quantitative estimate of drug-likeness (QED) is 0.675. The van der Waals surface area contributed by atoms with Gasteiger partial charge >= 0.3 is 0 Å². The summed E-state index contributed by atoms with van der Waals surface area (Å²) in [6, 6.07) is 8.28. The van der Waals surface area contributed by atoms with E-state index >= 15 is 0 Å². The van der Waals surface area contributed by atoms with Gasteiger partial charge in [0.05, 0.1) is 0 Å². The predicted octanol–water partition coefficient (Wildman–Crippen LogP) is 4.82. The standard InChI is InChI=1S/C13H15Br/c1-3-5-8-11(4-2)12-9-6-7-10-13(12)14/h4-10H,3H2,1-2H3/b8-5-,11-4+. The molecule has 0 unspecified atom stereocenters. The minimum Gasteiger partial charge on any atom is -0.0842 e. The van der Waals surface area contributed by atoms with Gasteiger partial charge in [-0.25, -0.2) is 0 Å². The normalized spacial score (nSPS) is 12.4. The predicted molar refractivity (Wildman–Crippen MR) is 67.2 cm³/mol. The molecule has 1 rings (SSSR count). The monoisotopic (exact) mass is 250 g/mol. The molecule has 74 valence electrons. The molecule has 0 fully saturated rings. The van der Waals surface area contributed by atoms with Gasteiger partial charge in [-0.15, -0.1) is 0 Å². The second kappa shape index (κ2) is 5.82. The van der Waals surface area contributed by atoms with Crippen LogP contribution in [0.1, 0.15) is 25.8 Å². The van der Waals surface area contributed by atoms with Crippen LogP contribution in [0.5, 0.6) is 0 Å². The number of rotatable bonds is 3. The van der Waals surface area contributed by atoms with Crippen LogP contribution in [-0.2, 0) is 0 Å². The maximum absolute atomic E-state index is 3.55. The second-order valence-electron chi connectivity index (χ2n) is 3.03.